The lowest BCUT2D eigenvalue weighted by molar-refractivity contribution is 0.269. The summed E-state index contributed by atoms with van der Waals surface area (Å²) in [5.74, 6) is 0.985. The number of nitrogens with zero attached hydrogens (tertiary/aromatic N) is 1. The van der Waals surface area contributed by atoms with Gasteiger partial charge in [-0.25, -0.2) is 4.39 Å². The van der Waals surface area contributed by atoms with Crippen LogP contribution in [0.5, 0.6) is 11.5 Å². The molecule has 4 heteroatoms. The van der Waals surface area contributed by atoms with Crippen molar-refractivity contribution in [2.75, 3.05) is 6.61 Å². The molecule has 0 heterocycles. The number of rotatable bonds is 7. The summed E-state index contributed by atoms with van der Waals surface area (Å²) < 4.78 is 24.8. The number of hydrogen-bond acceptors (Lipinski definition) is 3. The molecule has 0 N–H and O–H groups in total. The third-order valence-corrected chi connectivity index (χ3v) is 3.95. The van der Waals surface area contributed by atoms with Crippen LogP contribution < -0.4 is 9.47 Å². The molecule has 0 aliphatic heterocycles. The summed E-state index contributed by atoms with van der Waals surface area (Å²) in [7, 11) is 0. The van der Waals surface area contributed by atoms with Crippen molar-refractivity contribution in [3.63, 3.8) is 0 Å². The van der Waals surface area contributed by atoms with E-state index in [0.717, 1.165) is 16.8 Å². The SMILES string of the molecule is CCOc1cc(C=Nc2ccc(C)cc2)ccc1OCc1cccc(F)c1. The molecule has 0 atom stereocenters. The normalized spacial score (nSPS) is 10.9. The first-order chi connectivity index (χ1) is 13.1. The van der Waals surface area contributed by atoms with Crippen LogP contribution in [-0.2, 0) is 6.61 Å². The number of halogens is 1. The van der Waals surface area contributed by atoms with Crippen LogP contribution in [0.4, 0.5) is 10.1 Å². The van der Waals surface area contributed by atoms with Crippen LogP contribution >= 0.6 is 0 Å². The van der Waals surface area contributed by atoms with Gasteiger partial charge in [0.1, 0.15) is 12.4 Å². The van der Waals surface area contributed by atoms with Crippen LogP contribution in [0.2, 0.25) is 0 Å². The van der Waals surface area contributed by atoms with Gasteiger partial charge in [0, 0.05) is 6.21 Å². The van der Waals surface area contributed by atoms with Crippen LogP contribution in [0.15, 0.2) is 71.7 Å². The van der Waals surface area contributed by atoms with Gasteiger partial charge in [0.2, 0.25) is 0 Å². The van der Waals surface area contributed by atoms with Crippen LogP contribution in [0.25, 0.3) is 0 Å². The molecule has 0 bridgehead atoms. The molecule has 0 fully saturated rings. The lowest BCUT2D eigenvalue weighted by Gasteiger charge is -2.12. The second-order valence-electron chi connectivity index (χ2n) is 6.15. The van der Waals surface area contributed by atoms with Gasteiger partial charge in [-0.2, -0.15) is 0 Å². The van der Waals surface area contributed by atoms with Crippen molar-refractivity contribution >= 4 is 11.9 Å². The Balaban J connectivity index is 1.74. The number of benzene rings is 3. The molecule has 3 aromatic carbocycles. The van der Waals surface area contributed by atoms with Gasteiger partial charge >= 0.3 is 0 Å². The van der Waals surface area contributed by atoms with Crippen LogP contribution in [-0.4, -0.2) is 12.8 Å². The Morgan fingerprint density at radius 2 is 1.74 bits per heavy atom. The molecule has 0 unspecified atom stereocenters. The maximum absolute atomic E-state index is 13.3. The minimum atomic E-state index is -0.274. The number of aryl methyl sites for hydroxylation is 1. The van der Waals surface area contributed by atoms with Gasteiger partial charge in [-0.05, 0) is 67.4 Å². The summed E-state index contributed by atoms with van der Waals surface area (Å²) in [5.41, 5.74) is 3.77. The molecule has 138 valence electrons. The van der Waals surface area contributed by atoms with Gasteiger partial charge in [-0.1, -0.05) is 29.8 Å². The first kappa shape index (κ1) is 18.6. The highest BCUT2D eigenvalue weighted by Crippen LogP contribution is 2.29. The van der Waals surface area contributed by atoms with E-state index in [2.05, 4.69) is 4.99 Å². The van der Waals surface area contributed by atoms with Crippen molar-refractivity contribution in [2.24, 2.45) is 4.99 Å². The smallest absolute Gasteiger partial charge is 0.161 e. The number of hydrogen-bond donors (Lipinski definition) is 0. The third kappa shape index (κ3) is 5.42. The molecule has 3 aromatic rings. The van der Waals surface area contributed by atoms with Crippen LogP contribution in [0, 0.1) is 12.7 Å². The largest absolute Gasteiger partial charge is 0.490 e. The van der Waals surface area contributed by atoms with Crippen molar-refractivity contribution in [3.05, 3.63) is 89.2 Å². The minimum absolute atomic E-state index is 0.272. The Labute approximate surface area is 159 Å². The zero-order valence-corrected chi connectivity index (χ0v) is 15.5. The Hall–Kier alpha value is -3.14. The topological polar surface area (TPSA) is 30.8 Å². The number of ether oxygens (including phenoxy) is 2. The predicted octanol–water partition coefficient (Wildman–Crippen LogP) is 5.86. The highest BCUT2D eigenvalue weighted by Gasteiger charge is 2.07. The van der Waals surface area contributed by atoms with Crippen molar-refractivity contribution < 1.29 is 13.9 Å². The zero-order valence-electron chi connectivity index (χ0n) is 15.5. The molecule has 0 aromatic heterocycles. The van der Waals surface area contributed by atoms with E-state index in [0.29, 0.717) is 18.1 Å². The van der Waals surface area contributed by atoms with E-state index in [1.54, 1.807) is 12.3 Å². The fourth-order valence-corrected chi connectivity index (χ4v) is 2.56. The minimum Gasteiger partial charge on any atom is -0.490 e. The van der Waals surface area contributed by atoms with Crippen molar-refractivity contribution in [1.29, 1.82) is 0 Å². The van der Waals surface area contributed by atoms with Crippen molar-refractivity contribution in [3.8, 4) is 11.5 Å². The van der Waals surface area contributed by atoms with Crippen LogP contribution in [0.1, 0.15) is 23.6 Å². The third-order valence-electron chi connectivity index (χ3n) is 3.95. The van der Waals surface area contributed by atoms with Crippen molar-refractivity contribution in [1.82, 2.24) is 0 Å². The lowest BCUT2D eigenvalue weighted by atomic mass is 10.2. The molecule has 0 spiro atoms. The molecule has 0 saturated carbocycles. The standard InChI is InChI=1S/C23H22FNO2/c1-3-26-23-14-18(15-25-21-10-7-17(2)8-11-21)9-12-22(23)27-16-19-5-4-6-20(24)13-19/h4-15H,3,16H2,1-2H3. The van der Waals surface area contributed by atoms with E-state index < -0.39 is 0 Å². The average Bonchev–Trinajstić information content (AvgIpc) is 2.67. The second-order valence-corrected chi connectivity index (χ2v) is 6.15. The first-order valence-corrected chi connectivity index (χ1v) is 8.89. The predicted molar refractivity (Wildman–Crippen MR) is 107 cm³/mol. The monoisotopic (exact) mass is 363 g/mol. The second kappa shape index (κ2) is 8.99. The molecule has 27 heavy (non-hydrogen) atoms. The van der Waals surface area contributed by atoms with Gasteiger partial charge in [-0.15, -0.1) is 0 Å². The summed E-state index contributed by atoms with van der Waals surface area (Å²) >= 11 is 0. The average molecular weight is 363 g/mol. The Morgan fingerprint density at radius 1 is 0.926 bits per heavy atom. The summed E-state index contributed by atoms with van der Waals surface area (Å²) in [4.78, 5) is 4.49. The van der Waals surface area contributed by atoms with Gasteiger partial charge < -0.3 is 9.47 Å². The van der Waals surface area contributed by atoms with Gasteiger partial charge in [0.25, 0.3) is 0 Å². The molecule has 0 aliphatic carbocycles. The van der Waals surface area contributed by atoms with E-state index in [9.17, 15) is 4.39 Å². The zero-order chi connectivity index (χ0) is 19.1. The highest BCUT2D eigenvalue weighted by atomic mass is 19.1. The Morgan fingerprint density at radius 3 is 2.48 bits per heavy atom. The van der Waals surface area contributed by atoms with Crippen LogP contribution in [0.3, 0.4) is 0 Å². The van der Waals surface area contributed by atoms with E-state index >= 15 is 0 Å². The summed E-state index contributed by atoms with van der Waals surface area (Å²) in [5, 5.41) is 0. The molecule has 0 saturated heterocycles. The fourth-order valence-electron chi connectivity index (χ4n) is 2.56. The highest BCUT2D eigenvalue weighted by molar-refractivity contribution is 5.83. The summed E-state index contributed by atoms with van der Waals surface area (Å²) in [6.45, 7) is 4.76. The molecule has 3 nitrogen and oxygen atoms in total. The van der Waals surface area contributed by atoms with E-state index in [1.807, 2.05) is 62.4 Å². The summed E-state index contributed by atoms with van der Waals surface area (Å²) in [6, 6.07) is 20.0. The van der Waals surface area contributed by atoms with E-state index in [4.69, 9.17) is 9.47 Å². The first-order valence-electron chi connectivity index (χ1n) is 8.89. The van der Waals surface area contributed by atoms with Gasteiger partial charge in [-0.3, -0.25) is 4.99 Å². The van der Waals surface area contributed by atoms with Gasteiger partial charge in [0.15, 0.2) is 11.5 Å². The maximum Gasteiger partial charge on any atom is 0.161 e. The van der Waals surface area contributed by atoms with Gasteiger partial charge in [0.05, 0.1) is 12.3 Å². The Bertz CT molecular complexity index is 920. The molecule has 0 amide bonds. The molecule has 3 rings (SSSR count). The maximum atomic E-state index is 13.3. The fraction of sp³-hybridized carbons (Fsp3) is 0.174. The van der Waals surface area contributed by atoms with E-state index in [1.165, 1.54) is 17.7 Å². The molecule has 0 aliphatic rings. The molecular weight excluding hydrogens is 341 g/mol. The molecule has 0 radical (unpaired) electrons. The Kier molecular flexibility index (Phi) is 6.21. The van der Waals surface area contributed by atoms with Crippen molar-refractivity contribution in [2.45, 2.75) is 20.5 Å². The quantitative estimate of drug-likeness (QED) is 0.492. The molecular formula is C23H22FNO2. The number of aliphatic imine (C=N–C) groups is 1. The van der Waals surface area contributed by atoms with E-state index in [-0.39, 0.29) is 12.4 Å². The lowest BCUT2D eigenvalue weighted by Crippen LogP contribution is -2.00. The summed E-state index contributed by atoms with van der Waals surface area (Å²) in [6.07, 6.45) is 1.80.